The van der Waals surface area contributed by atoms with Crippen molar-refractivity contribution in [3.63, 3.8) is 0 Å². The van der Waals surface area contributed by atoms with Gasteiger partial charge in [-0.1, -0.05) is 75.3 Å². The van der Waals surface area contributed by atoms with E-state index in [9.17, 15) is 19.5 Å². The Kier molecular flexibility index (Phi) is 12.6. The van der Waals surface area contributed by atoms with E-state index in [2.05, 4.69) is 75.9 Å². The van der Waals surface area contributed by atoms with Crippen molar-refractivity contribution in [2.75, 3.05) is 6.61 Å². The largest absolute Gasteiger partial charge is 0.505 e. The Hall–Kier alpha value is -2.47. The number of ether oxygens (including phenoxy) is 2. The topological polar surface area (TPSA) is 103 Å². The molecule has 1 saturated carbocycles. The Morgan fingerprint density at radius 1 is 0.820 bits per heavy atom. The number of hydrogen-bond donors (Lipinski definition) is 1. The zero-order valence-electron chi connectivity index (χ0n) is 27.5. The number of halogens is 4. The van der Waals surface area contributed by atoms with Gasteiger partial charge in [-0.05, 0) is 119 Å². The van der Waals surface area contributed by atoms with E-state index in [0.29, 0.717) is 71.5 Å². The number of phenolic OH excluding ortho intramolecular Hbond substituents is 1. The van der Waals surface area contributed by atoms with Gasteiger partial charge >= 0.3 is 11.9 Å². The van der Waals surface area contributed by atoms with Crippen LogP contribution in [-0.4, -0.2) is 29.8 Å². The molecule has 3 aliphatic carbocycles. The molecule has 6 rings (SSSR count). The number of rotatable bonds is 15. The zero-order chi connectivity index (χ0) is 35.4. The summed E-state index contributed by atoms with van der Waals surface area (Å²) in [6, 6.07) is 10.6. The third-order valence-electron chi connectivity index (χ3n) is 9.70. The number of carbonyl (C=O) groups is 2. The molecule has 3 atom stereocenters. The predicted octanol–water partition coefficient (Wildman–Crippen LogP) is 11.9. The van der Waals surface area contributed by atoms with Gasteiger partial charge in [-0.3, -0.25) is 9.59 Å². The van der Waals surface area contributed by atoms with Crippen LogP contribution >= 0.6 is 63.7 Å². The highest BCUT2D eigenvalue weighted by molar-refractivity contribution is 9.11. The molecule has 0 radical (unpaired) electrons. The van der Waals surface area contributed by atoms with Crippen LogP contribution in [0.2, 0.25) is 0 Å². The molecule has 50 heavy (non-hydrogen) atoms. The first-order valence-corrected chi connectivity index (χ1v) is 20.4. The van der Waals surface area contributed by atoms with Crippen LogP contribution in [0.4, 0.5) is 0 Å². The van der Waals surface area contributed by atoms with Crippen molar-refractivity contribution in [1.29, 1.82) is 0 Å². The summed E-state index contributed by atoms with van der Waals surface area (Å²) in [5.74, 6) is 0.817. The lowest BCUT2D eigenvalue weighted by Gasteiger charge is -2.19. The molecule has 1 unspecified atom stereocenters. The lowest BCUT2D eigenvalue weighted by Crippen LogP contribution is -2.22. The van der Waals surface area contributed by atoms with Crippen molar-refractivity contribution in [3.05, 3.63) is 82.2 Å². The lowest BCUT2D eigenvalue weighted by atomic mass is 9.91. The maximum atomic E-state index is 13.5. The number of aromatic hydroxyl groups is 1. The van der Waals surface area contributed by atoms with Crippen LogP contribution in [0.15, 0.2) is 75.7 Å². The van der Waals surface area contributed by atoms with Gasteiger partial charge in [-0.25, -0.2) is 4.79 Å². The van der Waals surface area contributed by atoms with Crippen LogP contribution in [0.25, 0.3) is 33.4 Å². The average molecular weight is 938 g/mol. The zero-order valence-corrected chi connectivity index (χ0v) is 33.8. The molecular formula is C39H38Br4O7. The van der Waals surface area contributed by atoms with Gasteiger partial charge in [-0.2, -0.15) is 0 Å². The summed E-state index contributed by atoms with van der Waals surface area (Å²) in [6.45, 7) is 0.315. The van der Waals surface area contributed by atoms with Crippen molar-refractivity contribution < 1.29 is 28.6 Å². The van der Waals surface area contributed by atoms with E-state index in [1.165, 1.54) is 0 Å². The number of fused-ring (bicyclic) bond motifs is 4. The molecule has 264 valence electrons. The summed E-state index contributed by atoms with van der Waals surface area (Å²) in [4.78, 5) is 38.5. The van der Waals surface area contributed by atoms with Gasteiger partial charge in [0.1, 0.15) is 20.8 Å². The van der Waals surface area contributed by atoms with Crippen molar-refractivity contribution in [2.24, 2.45) is 11.8 Å². The second kappa shape index (κ2) is 16.9. The first-order valence-electron chi connectivity index (χ1n) is 17.2. The Bertz CT molecular complexity index is 1950. The maximum Gasteiger partial charge on any atom is 0.338 e. The molecule has 2 aromatic rings. The molecule has 2 bridgehead atoms. The first kappa shape index (κ1) is 37.3. The number of phenols is 1. The van der Waals surface area contributed by atoms with E-state index in [4.69, 9.17) is 13.9 Å². The minimum atomic E-state index is -0.436. The van der Waals surface area contributed by atoms with E-state index < -0.39 is 5.97 Å². The number of carbonyl (C=O) groups excluding carboxylic acids is 2. The normalized spacial score (nSPS) is 18.0. The van der Waals surface area contributed by atoms with Gasteiger partial charge < -0.3 is 19.0 Å². The lowest BCUT2D eigenvalue weighted by molar-refractivity contribution is -0.150. The number of unbranched alkanes of at least 4 members (excludes halogenated alkanes) is 8. The van der Waals surface area contributed by atoms with Crippen LogP contribution in [0.5, 0.6) is 5.75 Å². The quantitative estimate of drug-likeness (QED) is 0.0548. The van der Waals surface area contributed by atoms with Crippen LogP contribution in [0.1, 0.15) is 87.4 Å². The summed E-state index contributed by atoms with van der Waals surface area (Å²) in [6.07, 6.45) is 16.6. The van der Waals surface area contributed by atoms with E-state index in [1.807, 2.05) is 12.1 Å². The maximum absolute atomic E-state index is 13.5. The van der Waals surface area contributed by atoms with E-state index in [-0.39, 0.29) is 33.5 Å². The first-order chi connectivity index (χ1) is 24.1. The van der Waals surface area contributed by atoms with Crippen LogP contribution in [0.3, 0.4) is 0 Å². The van der Waals surface area contributed by atoms with Crippen LogP contribution in [0, 0.1) is 11.8 Å². The SMILES string of the molecule is O=C(CCCCCCCCCCCOC(=O)c1ccccc1-c1c2cc(Br)c(=O)c(Br)c-2oc2c(Br)c(O)c(Br)cc12)OC1C[C@@H]2C=C[C@H]1C2. The van der Waals surface area contributed by atoms with Gasteiger partial charge in [0.15, 0.2) is 11.3 Å². The number of hydrogen-bond acceptors (Lipinski definition) is 7. The number of benzene rings is 3. The Balaban J connectivity index is 0.985. The third kappa shape index (κ3) is 8.26. The molecular weight excluding hydrogens is 900 g/mol. The Morgan fingerprint density at radius 3 is 2.22 bits per heavy atom. The van der Waals surface area contributed by atoms with Gasteiger partial charge in [0, 0.05) is 28.9 Å². The van der Waals surface area contributed by atoms with Gasteiger partial charge in [0.2, 0.25) is 5.43 Å². The van der Waals surface area contributed by atoms with Gasteiger partial charge in [0.25, 0.3) is 0 Å². The molecule has 0 spiro atoms. The van der Waals surface area contributed by atoms with Gasteiger partial charge in [-0.15, -0.1) is 0 Å². The molecule has 1 N–H and O–H groups in total. The van der Waals surface area contributed by atoms with E-state index >= 15 is 0 Å². The van der Waals surface area contributed by atoms with E-state index in [1.54, 1.807) is 24.3 Å². The van der Waals surface area contributed by atoms with Crippen LogP contribution in [-0.2, 0) is 14.3 Å². The molecule has 11 heteroatoms. The smallest absolute Gasteiger partial charge is 0.338 e. The predicted molar refractivity (Wildman–Crippen MR) is 209 cm³/mol. The summed E-state index contributed by atoms with van der Waals surface area (Å²) < 4.78 is 19.0. The molecule has 0 aromatic heterocycles. The minimum absolute atomic E-state index is 0.0406. The van der Waals surface area contributed by atoms with E-state index in [0.717, 1.165) is 70.6 Å². The Morgan fingerprint density at radius 2 is 1.52 bits per heavy atom. The fourth-order valence-electron chi connectivity index (χ4n) is 7.11. The van der Waals surface area contributed by atoms with Crippen LogP contribution < -0.4 is 5.43 Å². The average Bonchev–Trinajstić information content (AvgIpc) is 3.73. The standard InChI is InChI=1S/C39H38Br4O7/c40-28-20-26-32(27-21-29(41)36(46)34(43)38(27)50-37(26)33(42)35(28)45)24-12-9-10-13-25(24)39(47)48-17-11-7-5-3-1-2-4-6-8-14-31(44)49-30-19-22-15-16-23(30)18-22/h9-10,12-13,15-16,20-23,30,45H,1-8,11,14,17-19H2/t22-,23+,30?/m1/s1. The van der Waals surface area contributed by atoms with Gasteiger partial charge in [0.05, 0.1) is 21.1 Å². The third-order valence-corrected chi connectivity index (χ3v) is 12.3. The highest BCUT2D eigenvalue weighted by Crippen LogP contribution is 2.49. The molecule has 0 amide bonds. The summed E-state index contributed by atoms with van der Waals surface area (Å²) in [7, 11) is 0. The molecule has 7 nitrogen and oxygen atoms in total. The fourth-order valence-corrected chi connectivity index (χ4v) is 9.51. The second-order valence-electron chi connectivity index (χ2n) is 13.2. The van der Waals surface area contributed by atoms with Crippen molar-refractivity contribution in [1.82, 2.24) is 0 Å². The van der Waals surface area contributed by atoms with Crippen molar-refractivity contribution in [2.45, 2.75) is 83.2 Å². The molecule has 0 saturated heterocycles. The highest BCUT2D eigenvalue weighted by Gasteiger charge is 2.38. The monoisotopic (exact) mass is 934 g/mol. The molecule has 2 aromatic carbocycles. The summed E-state index contributed by atoms with van der Waals surface area (Å²) in [5, 5.41) is 11.2. The number of allylic oxidation sites excluding steroid dienone is 1. The van der Waals surface area contributed by atoms with Crippen molar-refractivity contribution in [3.8, 4) is 28.2 Å². The minimum Gasteiger partial charge on any atom is -0.505 e. The molecule has 1 heterocycles. The fraction of sp³-hybridized carbons (Fsp3) is 0.410. The molecule has 4 aliphatic rings. The second-order valence-corrected chi connectivity index (χ2v) is 16.5. The number of esters is 2. The molecule has 1 fully saturated rings. The Labute approximate surface area is 325 Å². The summed E-state index contributed by atoms with van der Waals surface area (Å²) >= 11 is 13.6. The highest BCUT2D eigenvalue weighted by atomic mass is 79.9. The van der Waals surface area contributed by atoms with Crippen molar-refractivity contribution >= 4 is 86.6 Å². The molecule has 1 aliphatic heterocycles. The summed E-state index contributed by atoms with van der Waals surface area (Å²) in [5.41, 5.74) is 2.30.